The summed E-state index contributed by atoms with van der Waals surface area (Å²) in [5.41, 5.74) is 0. The maximum atomic E-state index is 12.5. The van der Waals surface area contributed by atoms with E-state index in [9.17, 15) is 19.8 Å². The molecule has 0 aromatic heterocycles. The fourth-order valence-electron chi connectivity index (χ4n) is 10.9. The lowest BCUT2D eigenvalue weighted by atomic mass is 10.0. The van der Waals surface area contributed by atoms with E-state index in [2.05, 4.69) is 31.3 Å². The molecule has 0 rings (SSSR count). The maximum absolute atomic E-state index is 12.5. The van der Waals surface area contributed by atoms with E-state index in [0.29, 0.717) is 19.4 Å². The number of amides is 1. The van der Waals surface area contributed by atoms with Gasteiger partial charge in [0.2, 0.25) is 5.91 Å². The number of allylic oxidation sites excluding steroid dienone is 3. The maximum Gasteiger partial charge on any atom is 0.305 e. The lowest BCUT2D eigenvalue weighted by Gasteiger charge is -2.20. The van der Waals surface area contributed by atoms with Crippen LogP contribution in [-0.2, 0) is 14.3 Å². The van der Waals surface area contributed by atoms with Crippen LogP contribution in [0.25, 0.3) is 0 Å². The van der Waals surface area contributed by atoms with Crippen molar-refractivity contribution >= 4 is 11.9 Å². The van der Waals surface area contributed by atoms with E-state index >= 15 is 0 Å². The summed E-state index contributed by atoms with van der Waals surface area (Å²) < 4.78 is 5.50. The summed E-state index contributed by atoms with van der Waals surface area (Å²) in [6, 6.07) is -0.631. The van der Waals surface area contributed by atoms with Gasteiger partial charge in [-0.15, -0.1) is 0 Å². The third-order valence-electron chi connectivity index (χ3n) is 16.2. The van der Waals surface area contributed by atoms with E-state index in [1.54, 1.807) is 6.08 Å². The van der Waals surface area contributed by atoms with Crippen molar-refractivity contribution in [3.8, 4) is 0 Å². The van der Waals surface area contributed by atoms with E-state index in [-0.39, 0.29) is 18.5 Å². The van der Waals surface area contributed by atoms with Crippen LogP contribution in [0.15, 0.2) is 24.3 Å². The van der Waals surface area contributed by atoms with E-state index in [1.807, 2.05) is 6.08 Å². The van der Waals surface area contributed by atoms with Crippen molar-refractivity contribution < 1.29 is 24.5 Å². The van der Waals surface area contributed by atoms with Gasteiger partial charge in [0, 0.05) is 12.8 Å². The summed E-state index contributed by atoms with van der Waals surface area (Å²) in [5.74, 6) is -0.0580. The molecule has 0 heterocycles. The molecule has 6 nitrogen and oxygen atoms in total. The Balaban J connectivity index is 3.41. The highest BCUT2D eigenvalue weighted by Gasteiger charge is 2.18. The standard InChI is InChI=1S/C70H135NO5/c1-3-5-7-9-11-13-15-17-19-21-23-24-27-30-34-38-42-46-50-54-58-62-68(73)67(66-72)71-69(74)63-59-55-51-47-43-39-35-31-28-25-29-33-37-41-45-49-53-57-61-65-76-70(75)64-60-56-52-48-44-40-36-32-26-22-20-18-16-14-12-10-8-6-4-2/h18,20,58,62,67-68,72-73H,3-17,19,21-57,59-61,63-66H2,1-2H3,(H,71,74)/b20-18-,62-58+. The summed E-state index contributed by atoms with van der Waals surface area (Å²) in [5, 5.41) is 23.2. The van der Waals surface area contributed by atoms with Gasteiger partial charge in [-0.3, -0.25) is 9.59 Å². The molecule has 0 fully saturated rings. The molecule has 6 heteroatoms. The Kier molecular flexibility index (Phi) is 64.4. The Morgan fingerprint density at radius 2 is 0.618 bits per heavy atom. The third-order valence-corrected chi connectivity index (χ3v) is 16.2. The molecule has 76 heavy (non-hydrogen) atoms. The van der Waals surface area contributed by atoms with E-state index < -0.39 is 12.1 Å². The van der Waals surface area contributed by atoms with E-state index in [4.69, 9.17) is 4.74 Å². The minimum Gasteiger partial charge on any atom is -0.466 e. The molecule has 0 aliphatic heterocycles. The number of unbranched alkanes of at least 4 members (excludes halogenated alkanes) is 52. The molecule has 450 valence electrons. The van der Waals surface area contributed by atoms with Gasteiger partial charge in [-0.1, -0.05) is 340 Å². The molecule has 0 aromatic rings. The van der Waals surface area contributed by atoms with Gasteiger partial charge in [0.25, 0.3) is 0 Å². The summed E-state index contributed by atoms with van der Waals surface area (Å²) in [7, 11) is 0. The number of ether oxygens (including phenoxy) is 1. The molecule has 3 N–H and O–H groups in total. The fourth-order valence-corrected chi connectivity index (χ4v) is 10.9. The van der Waals surface area contributed by atoms with Crippen molar-refractivity contribution in [1.29, 1.82) is 0 Å². The molecule has 0 spiro atoms. The van der Waals surface area contributed by atoms with Crippen molar-refractivity contribution in [1.82, 2.24) is 5.32 Å². The number of hydrogen-bond donors (Lipinski definition) is 3. The lowest BCUT2D eigenvalue weighted by molar-refractivity contribution is -0.143. The first-order chi connectivity index (χ1) is 37.5. The predicted octanol–water partition coefficient (Wildman–Crippen LogP) is 22.1. The second kappa shape index (κ2) is 65.9. The quantitative estimate of drug-likeness (QED) is 0.0320. The van der Waals surface area contributed by atoms with Crippen LogP contribution < -0.4 is 5.32 Å². The Morgan fingerprint density at radius 1 is 0.355 bits per heavy atom. The van der Waals surface area contributed by atoms with Crippen molar-refractivity contribution in [2.75, 3.05) is 13.2 Å². The molecule has 0 saturated heterocycles. The number of nitrogens with one attached hydrogen (secondary N) is 1. The van der Waals surface area contributed by atoms with Gasteiger partial charge >= 0.3 is 5.97 Å². The highest BCUT2D eigenvalue weighted by Crippen LogP contribution is 2.18. The van der Waals surface area contributed by atoms with Gasteiger partial charge in [-0.25, -0.2) is 0 Å². The molecule has 0 aliphatic carbocycles. The number of carbonyl (C=O) groups is 2. The van der Waals surface area contributed by atoms with Crippen LogP contribution in [-0.4, -0.2) is 47.4 Å². The van der Waals surface area contributed by atoms with Gasteiger partial charge in [0.05, 0.1) is 25.4 Å². The number of aliphatic hydroxyl groups is 2. The zero-order chi connectivity index (χ0) is 55.0. The zero-order valence-electron chi connectivity index (χ0n) is 51.5. The molecular weight excluding hydrogens is 935 g/mol. The lowest BCUT2D eigenvalue weighted by Crippen LogP contribution is -2.45. The molecule has 2 atom stereocenters. The second-order valence-corrected chi connectivity index (χ2v) is 23.9. The van der Waals surface area contributed by atoms with Gasteiger partial charge in [-0.2, -0.15) is 0 Å². The van der Waals surface area contributed by atoms with Gasteiger partial charge < -0.3 is 20.3 Å². The summed E-state index contributed by atoms with van der Waals surface area (Å²) >= 11 is 0. The minimum atomic E-state index is -0.847. The number of esters is 1. The average molecular weight is 1070 g/mol. The summed E-state index contributed by atoms with van der Waals surface area (Å²) in [6.45, 7) is 4.93. The van der Waals surface area contributed by atoms with Crippen LogP contribution in [0, 0.1) is 0 Å². The minimum absolute atomic E-state index is 0.00886. The Labute approximate surface area is 475 Å². The Bertz CT molecular complexity index is 1190. The molecule has 0 aliphatic rings. The summed E-state index contributed by atoms with van der Waals surface area (Å²) in [6.07, 6.45) is 82.4. The molecular formula is C70H135NO5. The smallest absolute Gasteiger partial charge is 0.305 e. The number of carbonyl (C=O) groups excluding carboxylic acids is 2. The highest BCUT2D eigenvalue weighted by atomic mass is 16.5. The molecule has 0 saturated carbocycles. The number of hydrogen-bond acceptors (Lipinski definition) is 5. The van der Waals surface area contributed by atoms with Crippen LogP contribution in [0.4, 0.5) is 0 Å². The molecule has 0 aromatic carbocycles. The highest BCUT2D eigenvalue weighted by molar-refractivity contribution is 5.76. The zero-order valence-corrected chi connectivity index (χ0v) is 51.5. The van der Waals surface area contributed by atoms with Crippen molar-refractivity contribution in [3.05, 3.63) is 24.3 Å². The predicted molar refractivity (Wildman–Crippen MR) is 333 cm³/mol. The normalized spacial score (nSPS) is 12.6. The van der Waals surface area contributed by atoms with Gasteiger partial charge in [0.1, 0.15) is 0 Å². The van der Waals surface area contributed by atoms with Gasteiger partial charge in [-0.05, 0) is 57.8 Å². The monoisotopic (exact) mass is 1070 g/mol. The van der Waals surface area contributed by atoms with E-state index in [1.165, 1.54) is 315 Å². The summed E-state index contributed by atoms with van der Waals surface area (Å²) in [4.78, 5) is 24.6. The molecule has 1 amide bonds. The Hall–Kier alpha value is -1.66. The SMILES string of the molecule is CCCCCCCC/C=C\CCCCCCCCCCCC(=O)OCCCCCCCCCCCCCCCCCCCCCC(=O)NC(CO)C(O)/C=C/CCCCCCCCCCCCCCCCCCCCC. The fraction of sp³-hybridized carbons (Fsp3) is 0.914. The van der Waals surface area contributed by atoms with Crippen LogP contribution in [0.2, 0.25) is 0 Å². The number of aliphatic hydroxyl groups excluding tert-OH is 2. The van der Waals surface area contributed by atoms with Crippen molar-refractivity contribution in [2.45, 2.75) is 398 Å². The van der Waals surface area contributed by atoms with Crippen LogP contribution in [0.1, 0.15) is 386 Å². The molecule has 0 radical (unpaired) electrons. The first-order valence-corrected chi connectivity index (χ1v) is 34.6. The van der Waals surface area contributed by atoms with Crippen molar-refractivity contribution in [3.63, 3.8) is 0 Å². The average Bonchev–Trinajstić information content (AvgIpc) is 3.42. The van der Waals surface area contributed by atoms with Crippen LogP contribution >= 0.6 is 0 Å². The topological polar surface area (TPSA) is 95.9 Å². The second-order valence-electron chi connectivity index (χ2n) is 23.9. The van der Waals surface area contributed by atoms with E-state index in [0.717, 1.165) is 44.9 Å². The largest absolute Gasteiger partial charge is 0.466 e. The van der Waals surface area contributed by atoms with Crippen molar-refractivity contribution in [2.24, 2.45) is 0 Å². The number of rotatable bonds is 65. The van der Waals surface area contributed by atoms with Crippen LogP contribution in [0.3, 0.4) is 0 Å². The first-order valence-electron chi connectivity index (χ1n) is 34.6. The Morgan fingerprint density at radius 3 is 0.934 bits per heavy atom. The van der Waals surface area contributed by atoms with Gasteiger partial charge in [0.15, 0.2) is 0 Å². The third kappa shape index (κ3) is 61.6. The van der Waals surface area contributed by atoms with Crippen LogP contribution in [0.5, 0.6) is 0 Å². The molecule has 0 bridgehead atoms. The first kappa shape index (κ1) is 74.3. The molecule has 2 unspecified atom stereocenters.